The molecule has 0 atom stereocenters. The molecule has 0 heterocycles. The smallest absolute Gasteiger partial charge is 0.227 e. The Labute approximate surface area is 64.4 Å². The van der Waals surface area contributed by atoms with E-state index in [0.29, 0.717) is 17.9 Å². The molecular formula is C6H11NO2S. The predicted octanol–water partition coefficient (Wildman–Crippen LogP) is 0.184. The van der Waals surface area contributed by atoms with E-state index in [9.17, 15) is 9.59 Å². The molecule has 1 amide bonds. The van der Waals surface area contributed by atoms with Crippen LogP contribution in [-0.4, -0.2) is 23.2 Å². The van der Waals surface area contributed by atoms with E-state index in [0.717, 1.165) is 0 Å². The molecule has 0 saturated heterocycles. The molecule has 0 fully saturated rings. The standard InChI is InChI=1S/C6H11NO2S/c1-5(8)2-3-10-4-6(7)9/h2-4H2,1H3,(H2,7,9). The fourth-order valence-corrected chi connectivity index (χ4v) is 1.17. The minimum absolute atomic E-state index is 0.150. The van der Waals surface area contributed by atoms with E-state index in [1.807, 2.05) is 0 Å². The summed E-state index contributed by atoms with van der Waals surface area (Å²) in [4.78, 5) is 20.5. The monoisotopic (exact) mass is 161 g/mol. The molecule has 0 aliphatic heterocycles. The van der Waals surface area contributed by atoms with Crippen molar-refractivity contribution in [2.45, 2.75) is 13.3 Å². The number of primary amides is 1. The van der Waals surface area contributed by atoms with E-state index in [1.165, 1.54) is 18.7 Å². The molecule has 0 aliphatic carbocycles. The van der Waals surface area contributed by atoms with Gasteiger partial charge in [-0.3, -0.25) is 9.59 Å². The summed E-state index contributed by atoms with van der Waals surface area (Å²) in [5, 5.41) is 0. The van der Waals surface area contributed by atoms with Crippen molar-refractivity contribution in [1.82, 2.24) is 0 Å². The summed E-state index contributed by atoms with van der Waals surface area (Å²) in [5.74, 6) is 0.830. The van der Waals surface area contributed by atoms with Gasteiger partial charge in [0.1, 0.15) is 5.78 Å². The molecule has 0 aromatic rings. The topological polar surface area (TPSA) is 60.2 Å². The van der Waals surface area contributed by atoms with Crippen molar-refractivity contribution >= 4 is 23.5 Å². The zero-order valence-electron chi connectivity index (χ0n) is 5.92. The maximum absolute atomic E-state index is 10.4. The van der Waals surface area contributed by atoms with E-state index in [2.05, 4.69) is 0 Å². The highest BCUT2D eigenvalue weighted by Gasteiger charge is 1.96. The molecule has 0 unspecified atom stereocenters. The van der Waals surface area contributed by atoms with Gasteiger partial charge in [-0.1, -0.05) is 0 Å². The van der Waals surface area contributed by atoms with Crippen LogP contribution in [-0.2, 0) is 9.59 Å². The van der Waals surface area contributed by atoms with Crippen molar-refractivity contribution < 1.29 is 9.59 Å². The maximum Gasteiger partial charge on any atom is 0.227 e. The Hall–Kier alpha value is -0.510. The number of nitrogens with two attached hydrogens (primary N) is 1. The van der Waals surface area contributed by atoms with Crippen molar-refractivity contribution in [2.75, 3.05) is 11.5 Å². The second-order valence-corrected chi connectivity index (χ2v) is 3.08. The minimum atomic E-state index is -0.325. The Morgan fingerprint density at radius 1 is 1.50 bits per heavy atom. The second kappa shape index (κ2) is 5.29. The zero-order chi connectivity index (χ0) is 7.98. The summed E-state index contributed by atoms with van der Waals surface area (Å²) in [6, 6.07) is 0. The molecule has 0 radical (unpaired) electrons. The van der Waals surface area contributed by atoms with Crippen LogP contribution in [0.2, 0.25) is 0 Å². The number of ketones is 1. The highest BCUT2D eigenvalue weighted by Crippen LogP contribution is 2.00. The third-order valence-electron chi connectivity index (χ3n) is 0.843. The molecule has 3 nitrogen and oxygen atoms in total. The number of hydrogen-bond donors (Lipinski definition) is 1. The maximum atomic E-state index is 10.4. The molecular weight excluding hydrogens is 150 g/mol. The van der Waals surface area contributed by atoms with Crippen LogP contribution in [0.5, 0.6) is 0 Å². The molecule has 0 aromatic heterocycles. The van der Waals surface area contributed by atoms with E-state index >= 15 is 0 Å². The van der Waals surface area contributed by atoms with Crippen LogP contribution in [0.4, 0.5) is 0 Å². The van der Waals surface area contributed by atoms with Crippen molar-refractivity contribution in [3.63, 3.8) is 0 Å². The highest BCUT2D eigenvalue weighted by atomic mass is 32.2. The lowest BCUT2D eigenvalue weighted by Crippen LogP contribution is -2.13. The van der Waals surface area contributed by atoms with Gasteiger partial charge in [-0.25, -0.2) is 0 Å². The van der Waals surface area contributed by atoms with Gasteiger partial charge in [0.25, 0.3) is 0 Å². The Morgan fingerprint density at radius 3 is 2.50 bits per heavy atom. The van der Waals surface area contributed by atoms with E-state index < -0.39 is 0 Å². The van der Waals surface area contributed by atoms with Gasteiger partial charge in [0, 0.05) is 12.2 Å². The summed E-state index contributed by atoms with van der Waals surface area (Å²) in [6.07, 6.45) is 0.526. The molecule has 0 aromatic carbocycles. The summed E-state index contributed by atoms with van der Waals surface area (Å²) < 4.78 is 0. The zero-order valence-corrected chi connectivity index (χ0v) is 6.74. The van der Waals surface area contributed by atoms with Crippen LogP contribution in [0, 0.1) is 0 Å². The molecule has 0 spiro atoms. The van der Waals surface area contributed by atoms with Crippen LogP contribution < -0.4 is 5.73 Å². The number of Topliss-reactive ketones (excluding diaryl/α,β-unsaturated/α-hetero) is 1. The van der Waals surface area contributed by atoms with E-state index in [1.54, 1.807) is 0 Å². The van der Waals surface area contributed by atoms with Crippen molar-refractivity contribution in [3.05, 3.63) is 0 Å². The van der Waals surface area contributed by atoms with Gasteiger partial charge in [-0.2, -0.15) is 11.8 Å². The average molecular weight is 161 g/mol. The third kappa shape index (κ3) is 7.49. The molecule has 0 rings (SSSR count). The number of thioether (sulfide) groups is 1. The first-order valence-electron chi connectivity index (χ1n) is 2.98. The SMILES string of the molecule is CC(=O)CCSCC(N)=O. The lowest BCUT2D eigenvalue weighted by Gasteiger charge is -1.93. The fourth-order valence-electron chi connectivity index (χ4n) is 0.389. The average Bonchev–Trinajstić information content (AvgIpc) is 1.79. The first-order chi connectivity index (χ1) is 4.63. The molecule has 10 heavy (non-hydrogen) atoms. The van der Waals surface area contributed by atoms with Crippen molar-refractivity contribution in [2.24, 2.45) is 5.73 Å². The van der Waals surface area contributed by atoms with Gasteiger partial charge >= 0.3 is 0 Å². The number of carbonyl (C=O) groups excluding carboxylic acids is 2. The number of carbonyl (C=O) groups is 2. The summed E-state index contributed by atoms with van der Waals surface area (Å²) >= 11 is 1.39. The second-order valence-electron chi connectivity index (χ2n) is 1.97. The fraction of sp³-hybridized carbons (Fsp3) is 0.667. The predicted molar refractivity (Wildman–Crippen MR) is 41.8 cm³/mol. The largest absolute Gasteiger partial charge is 0.369 e. The Bertz CT molecular complexity index is 120. The van der Waals surface area contributed by atoms with Crippen LogP contribution in [0.15, 0.2) is 0 Å². The van der Waals surface area contributed by atoms with Gasteiger partial charge in [-0.05, 0) is 6.92 Å². The summed E-state index contributed by atoms with van der Waals surface area (Å²) in [7, 11) is 0. The van der Waals surface area contributed by atoms with Crippen LogP contribution in [0.1, 0.15) is 13.3 Å². The molecule has 2 N–H and O–H groups in total. The number of amides is 1. The summed E-state index contributed by atoms with van der Waals surface area (Å²) in [5.41, 5.74) is 4.86. The van der Waals surface area contributed by atoms with Crippen molar-refractivity contribution in [3.8, 4) is 0 Å². The van der Waals surface area contributed by atoms with Gasteiger partial charge in [0.2, 0.25) is 5.91 Å². The van der Waals surface area contributed by atoms with Crippen LogP contribution >= 0.6 is 11.8 Å². The molecule has 0 aliphatic rings. The minimum Gasteiger partial charge on any atom is -0.369 e. The van der Waals surface area contributed by atoms with Crippen molar-refractivity contribution in [1.29, 1.82) is 0 Å². The lowest BCUT2D eigenvalue weighted by molar-refractivity contribution is -0.117. The Kier molecular flexibility index (Phi) is 5.02. The van der Waals surface area contributed by atoms with Gasteiger partial charge in [-0.15, -0.1) is 0 Å². The van der Waals surface area contributed by atoms with E-state index in [4.69, 9.17) is 5.73 Å². The third-order valence-corrected chi connectivity index (χ3v) is 1.82. The van der Waals surface area contributed by atoms with Gasteiger partial charge in [0.05, 0.1) is 5.75 Å². The van der Waals surface area contributed by atoms with Gasteiger partial charge < -0.3 is 5.73 Å². The van der Waals surface area contributed by atoms with E-state index in [-0.39, 0.29) is 11.7 Å². The number of rotatable bonds is 5. The first-order valence-corrected chi connectivity index (χ1v) is 4.14. The molecule has 0 saturated carbocycles. The first kappa shape index (κ1) is 9.49. The Balaban J connectivity index is 3.06. The van der Waals surface area contributed by atoms with Crippen LogP contribution in [0.25, 0.3) is 0 Å². The summed E-state index contributed by atoms with van der Waals surface area (Å²) in [6.45, 7) is 1.53. The molecule has 58 valence electrons. The Morgan fingerprint density at radius 2 is 2.10 bits per heavy atom. The molecule has 0 bridgehead atoms. The quantitative estimate of drug-likeness (QED) is 0.585. The normalized spacial score (nSPS) is 9.30. The van der Waals surface area contributed by atoms with Gasteiger partial charge in [0.15, 0.2) is 0 Å². The molecule has 4 heteroatoms. The highest BCUT2D eigenvalue weighted by molar-refractivity contribution is 7.99. The number of hydrogen-bond acceptors (Lipinski definition) is 3. The van der Waals surface area contributed by atoms with Crippen LogP contribution in [0.3, 0.4) is 0 Å². The lowest BCUT2D eigenvalue weighted by atomic mass is 10.4.